The second kappa shape index (κ2) is 5.83. The number of carbonyl (C=O) groups is 1. The van der Waals surface area contributed by atoms with Crippen LogP contribution < -0.4 is 10.2 Å². The monoisotopic (exact) mass is 302 g/mol. The molecule has 4 rings (SSSR count). The molecule has 0 bridgehead atoms. The van der Waals surface area contributed by atoms with Gasteiger partial charge in [-0.1, -0.05) is 6.42 Å². The summed E-state index contributed by atoms with van der Waals surface area (Å²) in [5, 5.41) is 3.02. The third-order valence-electron chi connectivity index (χ3n) is 4.80. The number of nitrogens with zero attached hydrogens (tertiary/aromatic N) is 3. The van der Waals surface area contributed by atoms with Crippen molar-refractivity contribution in [3.05, 3.63) is 18.1 Å². The Morgan fingerprint density at radius 3 is 2.86 bits per heavy atom. The molecule has 3 fully saturated rings. The minimum absolute atomic E-state index is 0.0143. The van der Waals surface area contributed by atoms with Crippen LogP contribution in [0.5, 0.6) is 0 Å². The molecular weight excluding hydrogens is 280 g/mol. The van der Waals surface area contributed by atoms with Gasteiger partial charge in [0.05, 0.1) is 13.2 Å². The van der Waals surface area contributed by atoms with Gasteiger partial charge in [0, 0.05) is 30.3 Å². The molecule has 0 spiro atoms. The molecule has 1 aromatic rings. The molecule has 1 saturated heterocycles. The van der Waals surface area contributed by atoms with Crippen LogP contribution in [0, 0.1) is 0 Å². The van der Waals surface area contributed by atoms with Crippen molar-refractivity contribution in [2.24, 2.45) is 0 Å². The average Bonchev–Trinajstić information content (AvgIpc) is 3.30. The van der Waals surface area contributed by atoms with Crippen LogP contribution in [0.25, 0.3) is 0 Å². The van der Waals surface area contributed by atoms with Gasteiger partial charge in [-0.05, 0) is 25.7 Å². The molecule has 1 atom stereocenters. The maximum Gasteiger partial charge on any atom is 0.251 e. The van der Waals surface area contributed by atoms with E-state index in [1.165, 1.54) is 19.3 Å². The molecule has 0 aromatic carbocycles. The number of ether oxygens (including phenoxy) is 1. The number of nitrogens with one attached hydrogen (secondary N) is 1. The van der Waals surface area contributed by atoms with Crippen LogP contribution in [0.15, 0.2) is 12.4 Å². The van der Waals surface area contributed by atoms with E-state index in [0.717, 1.165) is 30.9 Å². The normalized spacial score (nSPS) is 25.6. The first-order valence-electron chi connectivity index (χ1n) is 8.28. The number of carbonyl (C=O) groups excluding carboxylic acids is 1. The predicted octanol–water partition coefficient (Wildman–Crippen LogP) is 1.23. The number of hydrogen-bond acceptors (Lipinski definition) is 5. The van der Waals surface area contributed by atoms with Crippen molar-refractivity contribution >= 4 is 11.7 Å². The second-order valence-electron chi connectivity index (χ2n) is 6.52. The fourth-order valence-corrected chi connectivity index (χ4v) is 3.00. The topological polar surface area (TPSA) is 67.4 Å². The number of hydrogen-bond donors (Lipinski definition) is 1. The lowest BCUT2D eigenvalue weighted by Gasteiger charge is -2.33. The Morgan fingerprint density at radius 2 is 2.14 bits per heavy atom. The Morgan fingerprint density at radius 1 is 1.27 bits per heavy atom. The highest BCUT2D eigenvalue weighted by Crippen LogP contribution is 2.36. The van der Waals surface area contributed by atoms with Gasteiger partial charge in [-0.15, -0.1) is 0 Å². The van der Waals surface area contributed by atoms with Crippen LogP contribution in [-0.2, 0) is 9.53 Å². The molecule has 1 N–H and O–H groups in total. The minimum Gasteiger partial charge on any atom is -0.365 e. The summed E-state index contributed by atoms with van der Waals surface area (Å²) >= 11 is 0. The van der Waals surface area contributed by atoms with Gasteiger partial charge >= 0.3 is 0 Å². The molecule has 1 aliphatic heterocycles. The van der Waals surface area contributed by atoms with E-state index in [9.17, 15) is 4.79 Å². The summed E-state index contributed by atoms with van der Waals surface area (Å²) in [4.78, 5) is 23.1. The van der Waals surface area contributed by atoms with Crippen LogP contribution in [0.3, 0.4) is 0 Å². The molecule has 3 aliphatic rings. The van der Waals surface area contributed by atoms with E-state index in [-0.39, 0.29) is 5.91 Å². The summed E-state index contributed by atoms with van der Waals surface area (Å²) in [5.74, 6) is 1.53. The van der Waals surface area contributed by atoms with Gasteiger partial charge in [-0.3, -0.25) is 4.79 Å². The van der Waals surface area contributed by atoms with Crippen LogP contribution in [0.4, 0.5) is 5.82 Å². The molecule has 2 heterocycles. The highest BCUT2D eigenvalue weighted by Gasteiger charge is 2.32. The van der Waals surface area contributed by atoms with Crippen molar-refractivity contribution in [1.29, 1.82) is 0 Å². The van der Waals surface area contributed by atoms with Crippen LogP contribution in [-0.4, -0.2) is 47.7 Å². The van der Waals surface area contributed by atoms with E-state index >= 15 is 0 Å². The zero-order valence-corrected chi connectivity index (χ0v) is 12.7. The summed E-state index contributed by atoms with van der Waals surface area (Å²) in [6.07, 6.45) is 7.20. The number of anilines is 1. The first kappa shape index (κ1) is 13.9. The SMILES string of the molecule is O=C(NC1CC1)C1CN(c2cc(C3CCC3)ncn2)CCO1. The Kier molecular flexibility index (Phi) is 3.70. The van der Waals surface area contributed by atoms with Gasteiger partial charge in [0.15, 0.2) is 6.10 Å². The van der Waals surface area contributed by atoms with Gasteiger partial charge in [0.2, 0.25) is 0 Å². The van der Waals surface area contributed by atoms with Gasteiger partial charge in [-0.2, -0.15) is 0 Å². The van der Waals surface area contributed by atoms with Crippen molar-refractivity contribution in [3.8, 4) is 0 Å². The maximum atomic E-state index is 12.2. The van der Waals surface area contributed by atoms with E-state index in [1.807, 2.05) is 0 Å². The summed E-state index contributed by atoms with van der Waals surface area (Å²) < 4.78 is 5.63. The zero-order chi connectivity index (χ0) is 14.9. The number of morpholine rings is 1. The highest BCUT2D eigenvalue weighted by molar-refractivity contribution is 5.82. The van der Waals surface area contributed by atoms with Crippen molar-refractivity contribution in [2.45, 2.75) is 50.2 Å². The first-order chi connectivity index (χ1) is 10.8. The van der Waals surface area contributed by atoms with Crippen LogP contribution >= 0.6 is 0 Å². The van der Waals surface area contributed by atoms with E-state index in [0.29, 0.717) is 25.1 Å². The number of rotatable bonds is 4. The molecule has 2 aliphatic carbocycles. The van der Waals surface area contributed by atoms with E-state index < -0.39 is 6.10 Å². The summed E-state index contributed by atoms with van der Waals surface area (Å²) in [5.41, 5.74) is 1.14. The van der Waals surface area contributed by atoms with E-state index in [1.54, 1.807) is 6.33 Å². The fourth-order valence-electron chi connectivity index (χ4n) is 3.00. The van der Waals surface area contributed by atoms with Crippen LogP contribution in [0.1, 0.15) is 43.7 Å². The standard InChI is InChI=1S/C16H22N4O2/c21-16(19-12-4-5-12)14-9-20(6-7-22-14)15-8-13(17-10-18-15)11-2-1-3-11/h8,10-12,14H,1-7,9H2,(H,19,21). The van der Waals surface area contributed by atoms with Crippen LogP contribution in [0.2, 0.25) is 0 Å². The first-order valence-corrected chi connectivity index (χ1v) is 8.28. The number of aromatic nitrogens is 2. The third-order valence-corrected chi connectivity index (χ3v) is 4.80. The molecule has 118 valence electrons. The highest BCUT2D eigenvalue weighted by atomic mass is 16.5. The molecule has 1 aromatic heterocycles. The Labute approximate surface area is 130 Å². The van der Waals surface area contributed by atoms with Crippen molar-refractivity contribution in [1.82, 2.24) is 15.3 Å². The predicted molar refractivity (Wildman–Crippen MR) is 81.7 cm³/mol. The Bertz CT molecular complexity index is 557. The Hall–Kier alpha value is -1.69. The summed E-state index contributed by atoms with van der Waals surface area (Å²) in [7, 11) is 0. The largest absolute Gasteiger partial charge is 0.365 e. The summed E-state index contributed by atoms with van der Waals surface area (Å²) in [6.45, 7) is 1.90. The third kappa shape index (κ3) is 2.92. The van der Waals surface area contributed by atoms with Gasteiger partial charge in [0.1, 0.15) is 12.1 Å². The minimum atomic E-state index is -0.392. The molecule has 6 nitrogen and oxygen atoms in total. The van der Waals surface area contributed by atoms with Gasteiger partial charge < -0.3 is 15.0 Å². The lowest BCUT2D eigenvalue weighted by atomic mass is 9.83. The molecule has 2 saturated carbocycles. The molecular formula is C16H22N4O2. The molecule has 6 heteroatoms. The lowest BCUT2D eigenvalue weighted by Crippen LogP contribution is -2.50. The van der Waals surface area contributed by atoms with Crippen molar-refractivity contribution < 1.29 is 9.53 Å². The molecule has 22 heavy (non-hydrogen) atoms. The smallest absolute Gasteiger partial charge is 0.251 e. The fraction of sp³-hybridized carbons (Fsp3) is 0.688. The quantitative estimate of drug-likeness (QED) is 0.906. The molecule has 1 unspecified atom stereocenters. The van der Waals surface area contributed by atoms with Gasteiger partial charge in [-0.25, -0.2) is 9.97 Å². The maximum absolute atomic E-state index is 12.2. The lowest BCUT2D eigenvalue weighted by molar-refractivity contribution is -0.133. The molecule has 1 amide bonds. The van der Waals surface area contributed by atoms with Gasteiger partial charge in [0.25, 0.3) is 5.91 Å². The van der Waals surface area contributed by atoms with E-state index in [4.69, 9.17) is 4.74 Å². The Balaban J connectivity index is 1.43. The second-order valence-corrected chi connectivity index (χ2v) is 6.52. The summed E-state index contributed by atoms with van der Waals surface area (Å²) in [6, 6.07) is 2.46. The number of amides is 1. The molecule has 0 radical (unpaired) electrons. The zero-order valence-electron chi connectivity index (χ0n) is 12.7. The van der Waals surface area contributed by atoms with Crippen molar-refractivity contribution in [3.63, 3.8) is 0 Å². The van der Waals surface area contributed by atoms with E-state index in [2.05, 4.69) is 26.3 Å². The van der Waals surface area contributed by atoms with Crippen molar-refractivity contribution in [2.75, 3.05) is 24.6 Å². The average molecular weight is 302 g/mol.